The van der Waals surface area contributed by atoms with Crippen molar-refractivity contribution in [2.45, 2.75) is 26.2 Å². The number of hydrogen-bond acceptors (Lipinski definition) is 4. The summed E-state index contributed by atoms with van der Waals surface area (Å²) in [6, 6.07) is 11.3. The van der Waals surface area contributed by atoms with Crippen LogP contribution in [0.5, 0.6) is 5.75 Å². The van der Waals surface area contributed by atoms with Gasteiger partial charge in [0, 0.05) is 25.2 Å². The number of rotatable bonds is 5. The molecule has 0 atom stereocenters. The highest BCUT2D eigenvalue weighted by Crippen LogP contribution is 2.20. The Labute approximate surface area is 159 Å². The van der Waals surface area contributed by atoms with Gasteiger partial charge in [-0.3, -0.25) is 9.59 Å². The summed E-state index contributed by atoms with van der Waals surface area (Å²) < 4.78 is 5.14. The van der Waals surface area contributed by atoms with Crippen LogP contribution in [-0.2, 0) is 16.0 Å². The number of nitrogens with zero attached hydrogens (tertiary/aromatic N) is 2. The van der Waals surface area contributed by atoms with Gasteiger partial charge in [-0.1, -0.05) is 18.2 Å². The van der Waals surface area contributed by atoms with Crippen molar-refractivity contribution in [1.82, 2.24) is 9.88 Å². The maximum absolute atomic E-state index is 12.5. The molecule has 0 unspecified atom stereocenters. The third-order valence-corrected chi connectivity index (χ3v) is 4.90. The molecule has 3 rings (SSSR count). The van der Waals surface area contributed by atoms with E-state index >= 15 is 0 Å². The zero-order chi connectivity index (χ0) is 19.2. The molecule has 1 saturated heterocycles. The quantitative estimate of drug-likeness (QED) is 0.882. The molecule has 27 heavy (non-hydrogen) atoms. The minimum absolute atomic E-state index is 0.0198. The Hall–Kier alpha value is -2.89. The summed E-state index contributed by atoms with van der Waals surface area (Å²) in [6.45, 7) is 3.17. The predicted molar refractivity (Wildman–Crippen MR) is 104 cm³/mol. The zero-order valence-corrected chi connectivity index (χ0v) is 15.8. The van der Waals surface area contributed by atoms with Gasteiger partial charge in [-0.2, -0.15) is 0 Å². The molecule has 1 aliphatic heterocycles. The molecule has 2 amide bonds. The van der Waals surface area contributed by atoms with Crippen LogP contribution in [0.25, 0.3) is 0 Å². The number of carbonyl (C=O) groups is 2. The number of anilines is 1. The lowest BCUT2D eigenvalue weighted by Crippen LogP contribution is -2.42. The monoisotopic (exact) mass is 367 g/mol. The summed E-state index contributed by atoms with van der Waals surface area (Å²) in [7, 11) is 1.62. The molecule has 6 nitrogen and oxygen atoms in total. The third-order valence-electron chi connectivity index (χ3n) is 4.90. The fourth-order valence-electron chi connectivity index (χ4n) is 3.19. The van der Waals surface area contributed by atoms with Crippen LogP contribution in [0.3, 0.4) is 0 Å². The fraction of sp³-hybridized carbons (Fsp3) is 0.381. The maximum atomic E-state index is 12.5. The first kappa shape index (κ1) is 18.9. The predicted octanol–water partition coefficient (Wildman–Crippen LogP) is 2.82. The molecule has 1 aliphatic rings. The molecular formula is C21H25N3O3. The van der Waals surface area contributed by atoms with E-state index in [1.54, 1.807) is 19.4 Å². The highest BCUT2D eigenvalue weighted by Gasteiger charge is 2.27. The smallest absolute Gasteiger partial charge is 0.228 e. The van der Waals surface area contributed by atoms with E-state index in [1.807, 2.05) is 42.2 Å². The van der Waals surface area contributed by atoms with Crippen molar-refractivity contribution in [3.05, 3.63) is 53.7 Å². The number of aryl methyl sites for hydroxylation is 1. The topological polar surface area (TPSA) is 71.5 Å². The van der Waals surface area contributed by atoms with Gasteiger partial charge in [-0.05, 0) is 49.1 Å². The van der Waals surface area contributed by atoms with Gasteiger partial charge in [0.15, 0.2) is 0 Å². The Morgan fingerprint density at radius 3 is 2.44 bits per heavy atom. The second-order valence-corrected chi connectivity index (χ2v) is 6.89. The first-order valence-electron chi connectivity index (χ1n) is 9.19. The summed E-state index contributed by atoms with van der Waals surface area (Å²) in [5, 5.41) is 2.87. The molecule has 1 aromatic carbocycles. The van der Waals surface area contributed by atoms with Crippen LogP contribution >= 0.6 is 0 Å². The van der Waals surface area contributed by atoms with E-state index in [0.717, 1.165) is 16.9 Å². The minimum Gasteiger partial charge on any atom is -0.497 e. The molecule has 0 aliphatic carbocycles. The van der Waals surface area contributed by atoms with Crippen LogP contribution in [0, 0.1) is 12.8 Å². The molecule has 1 aromatic heterocycles. The molecule has 2 heterocycles. The van der Waals surface area contributed by atoms with Gasteiger partial charge >= 0.3 is 0 Å². The molecule has 0 saturated carbocycles. The molecular weight excluding hydrogens is 342 g/mol. The molecule has 1 fully saturated rings. The van der Waals surface area contributed by atoms with Crippen molar-refractivity contribution in [3.8, 4) is 5.75 Å². The van der Waals surface area contributed by atoms with Crippen molar-refractivity contribution >= 4 is 17.6 Å². The number of nitrogens with one attached hydrogen (secondary N) is 1. The molecule has 0 spiro atoms. The highest BCUT2D eigenvalue weighted by atomic mass is 16.5. The number of methoxy groups -OCH3 is 1. The molecule has 1 N–H and O–H groups in total. The van der Waals surface area contributed by atoms with E-state index < -0.39 is 0 Å². The van der Waals surface area contributed by atoms with Crippen molar-refractivity contribution < 1.29 is 14.3 Å². The minimum atomic E-state index is -0.0851. The number of amides is 2. The number of hydrogen-bond donors (Lipinski definition) is 1. The second kappa shape index (κ2) is 8.66. The summed E-state index contributed by atoms with van der Waals surface area (Å²) in [6.07, 6.45) is 3.45. The Bertz CT molecular complexity index is 779. The van der Waals surface area contributed by atoms with E-state index in [9.17, 15) is 9.59 Å². The Morgan fingerprint density at radius 2 is 1.85 bits per heavy atom. The van der Waals surface area contributed by atoms with Crippen molar-refractivity contribution in [2.75, 3.05) is 25.5 Å². The van der Waals surface area contributed by atoms with E-state index in [0.29, 0.717) is 38.2 Å². The lowest BCUT2D eigenvalue weighted by Gasteiger charge is -2.31. The van der Waals surface area contributed by atoms with Crippen molar-refractivity contribution in [2.24, 2.45) is 5.92 Å². The highest BCUT2D eigenvalue weighted by molar-refractivity contribution is 5.92. The van der Waals surface area contributed by atoms with Crippen LogP contribution in [0.2, 0.25) is 0 Å². The first-order chi connectivity index (χ1) is 13.0. The Balaban J connectivity index is 1.47. The van der Waals surface area contributed by atoms with Crippen LogP contribution in [0.15, 0.2) is 42.6 Å². The summed E-state index contributed by atoms with van der Waals surface area (Å²) in [5.41, 5.74) is 2.02. The van der Waals surface area contributed by atoms with E-state index in [4.69, 9.17) is 4.74 Å². The Kier molecular flexibility index (Phi) is 6.06. The molecule has 2 aromatic rings. The number of piperidine rings is 1. The van der Waals surface area contributed by atoms with Gasteiger partial charge in [-0.25, -0.2) is 4.98 Å². The Morgan fingerprint density at radius 1 is 1.15 bits per heavy atom. The SMILES string of the molecule is COc1ccc(CC(=O)N2CCC(C(=O)Nc3ccc(C)cn3)CC2)cc1. The number of likely N-dealkylation sites (tertiary alicyclic amines) is 1. The lowest BCUT2D eigenvalue weighted by atomic mass is 9.95. The maximum Gasteiger partial charge on any atom is 0.228 e. The summed E-state index contributed by atoms with van der Waals surface area (Å²) in [4.78, 5) is 31.0. The largest absolute Gasteiger partial charge is 0.497 e. The fourth-order valence-corrected chi connectivity index (χ4v) is 3.19. The van der Waals surface area contributed by atoms with Crippen LogP contribution in [-0.4, -0.2) is 41.9 Å². The van der Waals surface area contributed by atoms with Gasteiger partial charge in [0.2, 0.25) is 11.8 Å². The van der Waals surface area contributed by atoms with Crippen molar-refractivity contribution in [1.29, 1.82) is 0 Å². The van der Waals surface area contributed by atoms with E-state index in [2.05, 4.69) is 10.3 Å². The first-order valence-corrected chi connectivity index (χ1v) is 9.19. The molecule has 6 heteroatoms. The van der Waals surface area contributed by atoms with Gasteiger partial charge in [0.05, 0.1) is 13.5 Å². The van der Waals surface area contributed by atoms with Crippen LogP contribution < -0.4 is 10.1 Å². The average molecular weight is 367 g/mol. The van der Waals surface area contributed by atoms with Gasteiger partial charge in [0.1, 0.15) is 11.6 Å². The van der Waals surface area contributed by atoms with Gasteiger partial charge in [0.25, 0.3) is 0 Å². The molecule has 0 bridgehead atoms. The number of pyridine rings is 1. The summed E-state index contributed by atoms with van der Waals surface area (Å²) in [5.74, 6) is 1.34. The van der Waals surface area contributed by atoms with E-state index in [1.165, 1.54) is 0 Å². The van der Waals surface area contributed by atoms with Gasteiger partial charge in [-0.15, -0.1) is 0 Å². The van der Waals surface area contributed by atoms with Crippen LogP contribution in [0.4, 0.5) is 5.82 Å². The second-order valence-electron chi connectivity index (χ2n) is 6.89. The standard InChI is InChI=1S/C21H25N3O3/c1-15-3-8-19(22-14-15)23-21(26)17-9-11-24(12-10-17)20(25)13-16-4-6-18(27-2)7-5-16/h3-8,14,17H,9-13H2,1-2H3,(H,22,23,26). The number of aromatic nitrogens is 1. The van der Waals surface area contributed by atoms with Gasteiger partial charge < -0.3 is 15.0 Å². The average Bonchev–Trinajstić information content (AvgIpc) is 2.70. The normalized spacial score (nSPS) is 14.7. The summed E-state index contributed by atoms with van der Waals surface area (Å²) >= 11 is 0. The molecule has 142 valence electrons. The van der Waals surface area contributed by atoms with Crippen LogP contribution in [0.1, 0.15) is 24.0 Å². The third kappa shape index (κ3) is 5.06. The zero-order valence-electron chi connectivity index (χ0n) is 15.8. The molecule has 0 radical (unpaired) electrons. The number of ether oxygens (including phenoxy) is 1. The number of carbonyl (C=O) groups excluding carboxylic acids is 2. The van der Waals surface area contributed by atoms with Crippen molar-refractivity contribution in [3.63, 3.8) is 0 Å². The lowest BCUT2D eigenvalue weighted by molar-refractivity contribution is -0.133. The van der Waals surface area contributed by atoms with E-state index in [-0.39, 0.29) is 17.7 Å². The number of benzene rings is 1.